The van der Waals surface area contributed by atoms with Crippen LogP contribution in [-0.4, -0.2) is 32.8 Å². The van der Waals surface area contributed by atoms with Gasteiger partial charge in [0.05, 0.1) is 17.8 Å². The van der Waals surface area contributed by atoms with Crippen molar-refractivity contribution >= 4 is 17.8 Å². The monoisotopic (exact) mass is 262 g/mol. The number of imide groups is 1. The Morgan fingerprint density at radius 1 is 1.37 bits per heavy atom. The van der Waals surface area contributed by atoms with Gasteiger partial charge in [-0.05, 0) is 18.1 Å². The van der Waals surface area contributed by atoms with E-state index >= 15 is 0 Å². The second-order valence-corrected chi connectivity index (χ2v) is 4.73. The highest BCUT2D eigenvalue weighted by atomic mass is 16.4. The first-order chi connectivity index (χ1) is 8.97. The van der Waals surface area contributed by atoms with E-state index in [1.165, 1.54) is 23.2 Å². The van der Waals surface area contributed by atoms with Crippen LogP contribution in [0, 0.1) is 5.92 Å². The van der Waals surface area contributed by atoms with Gasteiger partial charge in [0.1, 0.15) is 0 Å². The van der Waals surface area contributed by atoms with Crippen molar-refractivity contribution in [3.8, 4) is 0 Å². The summed E-state index contributed by atoms with van der Waals surface area (Å²) in [4.78, 5) is 39.4. The van der Waals surface area contributed by atoms with E-state index in [4.69, 9.17) is 5.11 Å². The Balaban J connectivity index is 2.10. The first kappa shape index (κ1) is 13.2. The number of nitrogens with zero attached hydrogens (tertiary/aromatic N) is 2. The fraction of sp³-hybridized carbons (Fsp3) is 0.385. The summed E-state index contributed by atoms with van der Waals surface area (Å²) in [6.07, 6.45) is 1.94. The highest BCUT2D eigenvalue weighted by Gasteiger charge is 2.30. The van der Waals surface area contributed by atoms with Crippen LogP contribution in [0.4, 0.5) is 0 Å². The van der Waals surface area contributed by atoms with Crippen molar-refractivity contribution in [1.82, 2.24) is 9.88 Å². The first-order valence-electron chi connectivity index (χ1n) is 5.99. The van der Waals surface area contributed by atoms with Crippen molar-refractivity contribution < 1.29 is 19.5 Å². The molecule has 19 heavy (non-hydrogen) atoms. The molecule has 0 unspecified atom stereocenters. The maximum atomic E-state index is 11.8. The molecule has 0 atom stereocenters. The number of rotatable bonds is 3. The second kappa shape index (κ2) is 5.17. The number of aromatic nitrogens is 1. The van der Waals surface area contributed by atoms with Crippen molar-refractivity contribution in [2.75, 3.05) is 0 Å². The number of hydrogen-bond acceptors (Lipinski definition) is 4. The molecular weight excluding hydrogens is 248 g/mol. The molecule has 2 rings (SSSR count). The third-order valence-corrected chi connectivity index (χ3v) is 3.04. The quantitative estimate of drug-likeness (QED) is 0.823. The van der Waals surface area contributed by atoms with Gasteiger partial charge in [0.2, 0.25) is 11.8 Å². The number of pyridine rings is 1. The van der Waals surface area contributed by atoms with Gasteiger partial charge < -0.3 is 5.11 Å². The van der Waals surface area contributed by atoms with E-state index in [0.29, 0.717) is 18.5 Å². The molecule has 2 amide bonds. The number of hydrogen-bond donors (Lipinski definition) is 1. The fourth-order valence-corrected chi connectivity index (χ4v) is 2.01. The molecule has 1 aliphatic heterocycles. The van der Waals surface area contributed by atoms with Gasteiger partial charge >= 0.3 is 5.97 Å². The largest absolute Gasteiger partial charge is 0.478 e. The maximum absolute atomic E-state index is 11.8. The highest BCUT2D eigenvalue weighted by molar-refractivity contribution is 5.97. The van der Waals surface area contributed by atoms with Gasteiger partial charge in [0, 0.05) is 19.0 Å². The lowest BCUT2D eigenvalue weighted by Gasteiger charge is -2.27. The molecular formula is C13H14N2O4. The average Bonchev–Trinajstić information content (AvgIpc) is 2.34. The van der Waals surface area contributed by atoms with E-state index in [1.54, 1.807) is 0 Å². The number of carboxylic acids is 1. The molecule has 2 heterocycles. The Morgan fingerprint density at radius 3 is 2.47 bits per heavy atom. The zero-order valence-electron chi connectivity index (χ0n) is 10.5. The standard InChI is InChI=1S/C13H14N2O4/c1-8-4-11(16)15(12(17)5-8)7-10-3-2-9(6-14-10)13(18)19/h2-3,6,8H,4-5,7H2,1H3,(H,18,19). The minimum absolute atomic E-state index is 0.0775. The summed E-state index contributed by atoms with van der Waals surface area (Å²) in [6, 6.07) is 2.92. The first-order valence-corrected chi connectivity index (χ1v) is 5.99. The van der Waals surface area contributed by atoms with E-state index in [9.17, 15) is 14.4 Å². The topological polar surface area (TPSA) is 87.6 Å². The van der Waals surface area contributed by atoms with Crippen LogP contribution >= 0.6 is 0 Å². The normalized spacial score (nSPS) is 16.8. The third kappa shape index (κ3) is 2.96. The number of carbonyl (C=O) groups excluding carboxylic acids is 2. The maximum Gasteiger partial charge on any atom is 0.337 e. The zero-order chi connectivity index (χ0) is 14.0. The van der Waals surface area contributed by atoms with Crippen molar-refractivity contribution in [2.45, 2.75) is 26.3 Å². The summed E-state index contributed by atoms with van der Waals surface area (Å²) in [5.41, 5.74) is 0.579. The highest BCUT2D eigenvalue weighted by Crippen LogP contribution is 2.20. The number of carboxylic acid groups (broad SMARTS) is 1. The molecule has 1 aliphatic rings. The molecule has 6 nitrogen and oxygen atoms in total. The van der Waals surface area contributed by atoms with Gasteiger partial charge in [-0.15, -0.1) is 0 Å². The van der Waals surface area contributed by atoms with Gasteiger partial charge in [0.25, 0.3) is 0 Å². The molecule has 1 aromatic heterocycles. The molecule has 0 bridgehead atoms. The Kier molecular flexibility index (Phi) is 3.59. The van der Waals surface area contributed by atoms with Gasteiger partial charge in [-0.25, -0.2) is 4.79 Å². The molecule has 100 valence electrons. The second-order valence-electron chi connectivity index (χ2n) is 4.73. The lowest BCUT2D eigenvalue weighted by molar-refractivity contribution is -0.150. The summed E-state index contributed by atoms with van der Waals surface area (Å²) in [5, 5.41) is 8.75. The minimum atomic E-state index is -1.06. The molecule has 1 saturated heterocycles. The Hall–Kier alpha value is -2.24. The van der Waals surface area contributed by atoms with Gasteiger partial charge in [-0.3, -0.25) is 19.5 Å². The number of piperidine rings is 1. The lowest BCUT2D eigenvalue weighted by Crippen LogP contribution is -2.42. The number of likely N-dealkylation sites (tertiary alicyclic amines) is 1. The Morgan fingerprint density at radius 2 is 2.00 bits per heavy atom. The number of carbonyl (C=O) groups is 3. The van der Waals surface area contributed by atoms with E-state index in [1.807, 2.05) is 6.92 Å². The molecule has 1 aromatic rings. The van der Waals surface area contributed by atoms with Crippen LogP contribution in [0.15, 0.2) is 18.3 Å². The SMILES string of the molecule is CC1CC(=O)N(Cc2ccc(C(=O)O)cn2)C(=O)C1. The van der Waals surface area contributed by atoms with Gasteiger partial charge in [0.15, 0.2) is 0 Å². The van der Waals surface area contributed by atoms with Crippen LogP contribution in [0.3, 0.4) is 0 Å². The van der Waals surface area contributed by atoms with Crippen LogP contribution in [0.2, 0.25) is 0 Å². The predicted molar refractivity (Wildman–Crippen MR) is 65.2 cm³/mol. The molecule has 1 N–H and O–H groups in total. The molecule has 1 fully saturated rings. The van der Waals surface area contributed by atoms with Crippen molar-refractivity contribution in [3.05, 3.63) is 29.6 Å². The summed E-state index contributed by atoms with van der Waals surface area (Å²) in [5.74, 6) is -1.38. The molecule has 0 spiro atoms. The summed E-state index contributed by atoms with van der Waals surface area (Å²) in [6.45, 7) is 1.97. The molecule has 0 saturated carbocycles. The van der Waals surface area contributed by atoms with Crippen molar-refractivity contribution in [1.29, 1.82) is 0 Å². The Labute approximate surface area is 110 Å². The summed E-state index contributed by atoms with van der Waals surface area (Å²) >= 11 is 0. The van der Waals surface area contributed by atoms with Crippen molar-refractivity contribution in [3.63, 3.8) is 0 Å². The fourth-order valence-electron chi connectivity index (χ4n) is 2.01. The number of amides is 2. The molecule has 0 aliphatic carbocycles. The van der Waals surface area contributed by atoms with E-state index in [-0.39, 0.29) is 29.8 Å². The van der Waals surface area contributed by atoms with Crippen molar-refractivity contribution in [2.24, 2.45) is 5.92 Å². The average molecular weight is 262 g/mol. The minimum Gasteiger partial charge on any atom is -0.478 e. The van der Waals surface area contributed by atoms with Crippen LogP contribution < -0.4 is 0 Å². The van der Waals surface area contributed by atoms with Crippen LogP contribution in [0.1, 0.15) is 35.8 Å². The number of aromatic carboxylic acids is 1. The van der Waals surface area contributed by atoms with Crippen LogP contribution in [0.25, 0.3) is 0 Å². The summed E-state index contributed by atoms with van der Waals surface area (Å²) in [7, 11) is 0. The van der Waals surface area contributed by atoms with E-state index in [2.05, 4.69) is 4.98 Å². The third-order valence-electron chi connectivity index (χ3n) is 3.04. The van der Waals surface area contributed by atoms with Gasteiger partial charge in [-0.1, -0.05) is 6.92 Å². The lowest BCUT2D eigenvalue weighted by atomic mass is 9.97. The molecule has 0 radical (unpaired) electrons. The van der Waals surface area contributed by atoms with Crippen LogP contribution in [-0.2, 0) is 16.1 Å². The zero-order valence-corrected chi connectivity index (χ0v) is 10.5. The van der Waals surface area contributed by atoms with Crippen LogP contribution in [0.5, 0.6) is 0 Å². The van der Waals surface area contributed by atoms with E-state index in [0.717, 1.165) is 0 Å². The molecule has 0 aromatic carbocycles. The molecule has 6 heteroatoms. The predicted octanol–water partition coefficient (Wildman–Crippen LogP) is 1.06. The smallest absolute Gasteiger partial charge is 0.337 e. The van der Waals surface area contributed by atoms with E-state index < -0.39 is 5.97 Å². The summed E-state index contributed by atoms with van der Waals surface area (Å²) < 4.78 is 0. The Bertz CT molecular complexity index is 506. The van der Waals surface area contributed by atoms with Gasteiger partial charge in [-0.2, -0.15) is 0 Å².